The van der Waals surface area contributed by atoms with E-state index in [1.165, 1.54) is 21.1 Å². The van der Waals surface area contributed by atoms with Gasteiger partial charge in [-0.05, 0) is 52.8 Å². The Kier molecular flexibility index (Phi) is 10.9. The van der Waals surface area contributed by atoms with Gasteiger partial charge in [0.15, 0.2) is 6.04 Å². The van der Waals surface area contributed by atoms with Gasteiger partial charge in [-0.1, -0.05) is 42.2 Å². The van der Waals surface area contributed by atoms with Crippen LogP contribution in [0.25, 0.3) is 0 Å². The maximum Gasteiger partial charge on any atom is 0.408 e. The molecule has 3 rings (SSSR count). The molecule has 0 spiro atoms. The molecule has 206 valence electrons. The number of carbonyl (C=O) groups is 4. The third-order valence-electron chi connectivity index (χ3n) is 5.58. The zero-order valence-corrected chi connectivity index (χ0v) is 23.7. The first-order chi connectivity index (χ1) is 18.7. The summed E-state index contributed by atoms with van der Waals surface area (Å²) >= 11 is 2.04. The lowest BCUT2D eigenvalue weighted by atomic mass is 10.0. The van der Waals surface area contributed by atoms with E-state index in [2.05, 4.69) is 27.8 Å². The largest absolute Gasteiger partial charge is 0.494 e. The number of alkyl carbamates (subject to hydrolysis) is 1. The smallest absolute Gasteiger partial charge is 0.408 e. The van der Waals surface area contributed by atoms with E-state index in [0.29, 0.717) is 20.4 Å². The van der Waals surface area contributed by atoms with Gasteiger partial charge >= 0.3 is 12.1 Å². The minimum Gasteiger partial charge on any atom is -0.494 e. The van der Waals surface area contributed by atoms with Crippen molar-refractivity contribution in [2.75, 3.05) is 27.4 Å². The molecular formula is C27H28IN3O8. The highest BCUT2D eigenvalue weighted by molar-refractivity contribution is 14.1. The second-order valence-electron chi connectivity index (χ2n) is 8.35. The Balaban J connectivity index is 1.85. The Labute approximate surface area is 239 Å². The van der Waals surface area contributed by atoms with Gasteiger partial charge in [0.25, 0.3) is 0 Å². The highest BCUT2D eigenvalue weighted by Crippen LogP contribution is 2.30. The summed E-state index contributed by atoms with van der Waals surface area (Å²) in [5.41, 5.74) is 1.65. The Morgan fingerprint density at radius 2 is 1.87 bits per heavy atom. The van der Waals surface area contributed by atoms with Crippen LogP contribution in [0.5, 0.6) is 5.75 Å². The molecule has 1 aliphatic rings. The fraction of sp³-hybridized carbons (Fsp3) is 0.333. The van der Waals surface area contributed by atoms with Crippen LogP contribution in [0.3, 0.4) is 0 Å². The molecule has 11 nitrogen and oxygen atoms in total. The van der Waals surface area contributed by atoms with Crippen LogP contribution in [0.15, 0.2) is 42.5 Å². The van der Waals surface area contributed by atoms with Crippen LogP contribution in [0, 0.1) is 15.4 Å². The molecule has 3 N–H and O–H groups in total. The number of esters is 1. The van der Waals surface area contributed by atoms with Crippen molar-refractivity contribution in [1.29, 1.82) is 0 Å². The van der Waals surface area contributed by atoms with Gasteiger partial charge in [-0.15, -0.1) is 0 Å². The first-order valence-electron chi connectivity index (χ1n) is 11.8. The van der Waals surface area contributed by atoms with E-state index >= 15 is 0 Å². The standard InChI is InChI=1S/C27H28IN3O8/c1-16-24(32)31-22(26(34)37-3)19-12-18(23(36-2)20(28)13-19)10-7-11-38-15-21(25(33)29-16)30-27(35)39-14-17-8-5-4-6-9-17/h4-6,8-9,12-13,16,21-22H,11,14-15H2,1-3H3,(H,29,33)(H,30,35)(H,31,32)/t16-,21+,22+/m1/s1. The molecule has 0 aliphatic carbocycles. The second-order valence-corrected chi connectivity index (χ2v) is 9.52. The molecular weight excluding hydrogens is 621 g/mol. The number of rotatable bonds is 5. The van der Waals surface area contributed by atoms with Crippen molar-refractivity contribution < 1.29 is 38.1 Å². The number of ether oxygens (including phenoxy) is 4. The molecule has 1 aliphatic heterocycles. The van der Waals surface area contributed by atoms with Crippen LogP contribution in [-0.2, 0) is 35.2 Å². The van der Waals surface area contributed by atoms with E-state index in [4.69, 9.17) is 18.9 Å². The van der Waals surface area contributed by atoms with Crippen LogP contribution in [0.1, 0.15) is 29.7 Å². The third-order valence-corrected chi connectivity index (χ3v) is 6.38. The van der Waals surface area contributed by atoms with Crippen molar-refractivity contribution in [2.24, 2.45) is 0 Å². The van der Waals surface area contributed by atoms with Crippen molar-refractivity contribution in [1.82, 2.24) is 16.0 Å². The number of fused-ring (bicyclic) bond motifs is 2. The van der Waals surface area contributed by atoms with E-state index in [1.807, 2.05) is 40.8 Å². The quantitative estimate of drug-likeness (QED) is 0.253. The number of amides is 3. The number of nitrogens with one attached hydrogen (secondary N) is 3. The molecule has 2 bridgehead atoms. The van der Waals surface area contributed by atoms with E-state index in [-0.39, 0.29) is 19.8 Å². The average molecular weight is 649 g/mol. The molecule has 1 heterocycles. The molecule has 3 atom stereocenters. The van der Waals surface area contributed by atoms with Crippen LogP contribution in [0.4, 0.5) is 4.79 Å². The van der Waals surface area contributed by atoms with Gasteiger partial charge < -0.3 is 34.9 Å². The molecule has 39 heavy (non-hydrogen) atoms. The normalized spacial score (nSPS) is 19.5. The number of methoxy groups -OCH3 is 2. The lowest BCUT2D eigenvalue weighted by Crippen LogP contribution is -2.55. The Morgan fingerprint density at radius 1 is 1.13 bits per heavy atom. The van der Waals surface area contributed by atoms with Crippen molar-refractivity contribution in [2.45, 2.75) is 31.7 Å². The zero-order valence-electron chi connectivity index (χ0n) is 21.5. The lowest BCUT2D eigenvalue weighted by molar-refractivity contribution is -0.145. The molecule has 0 aromatic heterocycles. The molecule has 3 amide bonds. The minimum atomic E-state index is -1.19. The summed E-state index contributed by atoms with van der Waals surface area (Å²) in [6.07, 6.45) is -0.843. The van der Waals surface area contributed by atoms with Crippen LogP contribution < -0.4 is 20.7 Å². The predicted octanol–water partition coefficient (Wildman–Crippen LogP) is 1.81. The van der Waals surface area contributed by atoms with Crippen LogP contribution in [0.2, 0.25) is 0 Å². The Bertz CT molecular complexity index is 1280. The third kappa shape index (κ3) is 8.33. The van der Waals surface area contributed by atoms with Crippen molar-refractivity contribution >= 4 is 46.5 Å². The fourth-order valence-electron chi connectivity index (χ4n) is 3.57. The highest BCUT2D eigenvalue weighted by Gasteiger charge is 2.30. The summed E-state index contributed by atoms with van der Waals surface area (Å²) in [6, 6.07) is 8.88. The number of halogens is 1. The number of hydrogen-bond donors (Lipinski definition) is 3. The molecule has 0 saturated heterocycles. The molecule has 0 fully saturated rings. The van der Waals surface area contributed by atoms with Gasteiger partial charge in [0.05, 0.1) is 30.0 Å². The van der Waals surface area contributed by atoms with Gasteiger partial charge in [0, 0.05) is 0 Å². The lowest BCUT2D eigenvalue weighted by Gasteiger charge is -2.23. The number of carbonyl (C=O) groups excluding carboxylic acids is 4. The summed E-state index contributed by atoms with van der Waals surface area (Å²) in [7, 11) is 2.70. The molecule has 12 heteroatoms. The molecule has 0 unspecified atom stereocenters. The van der Waals surface area contributed by atoms with Crippen molar-refractivity contribution in [3.63, 3.8) is 0 Å². The first kappa shape index (κ1) is 29.7. The van der Waals surface area contributed by atoms with Gasteiger partial charge in [-0.2, -0.15) is 0 Å². The average Bonchev–Trinajstić information content (AvgIpc) is 2.93. The fourth-order valence-corrected chi connectivity index (χ4v) is 4.44. The van der Waals surface area contributed by atoms with Gasteiger partial charge in [-0.25, -0.2) is 9.59 Å². The molecule has 2 aromatic carbocycles. The summed E-state index contributed by atoms with van der Waals surface area (Å²) in [6.45, 7) is 1.12. The van der Waals surface area contributed by atoms with E-state index < -0.39 is 42.0 Å². The monoisotopic (exact) mass is 649 g/mol. The molecule has 0 saturated carbocycles. The summed E-state index contributed by atoms with van der Waals surface area (Å²) in [5.74, 6) is 4.20. The Morgan fingerprint density at radius 3 is 2.56 bits per heavy atom. The van der Waals surface area contributed by atoms with Gasteiger partial charge in [-0.3, -0.25) is 9.59 Å². The maximum atomic E-state index is 13.0. The zero-order chi connectivity index (χ0) is 28.4. The highest BCUT2D eigenvalue weighted by atomic mass is 127. The van der Waals surface area contributed by atoms with Gasteiger partial charge in [0.1, 0.15) is 31.0 Å². The second kappa shape index (κ2) is 14.4. The van der Waals surface area contributed by atoms with Crippen LogP contribution in [-0.4, -0.2) is 63.4 Å². The predicted molar refractivity (Wildman–Crippen MR) is 147 cm³/mol. The minimum absolute atomic E-state index is 0.000182. The van der Waals surface area contributed by atoms with E-state index in [9.17, 15) is 19.2 Å². The maximum absolute atomic E-state index is 13.0. The van der Waals surface area contributed by atoms with Crippen molar-refractivity contribution in [3.8, 4) is 17.6 Å². The summed E-state index contributed by atoms with van der Waals surface area (Å²) < 4.78 is 21.8. The number of benzene rings is 2. The summed E-state index contributed by atoms with van der Waals surface area (Å²) in [5, 5.41) is 7.60. The van der Waals surface area contributed by atoms with Crippen LogP contribution >= 0.6 is 22.6 Å². The number of hydrogen-bond acceptors (Lipinski definition) is 8. The van der Waals surface area contributed by atoms with Crippen molar-refractivity contribution in [3.05, 3.63) is 62.7 Å². The van der Waals surface area contributed by atoms with E-state index in [0.717, 1.165) is 5.56 Å². The molecule has 2 aromatic rings. The summed E-state index contributed by atoms with van der Waals surface area (Å²) in [4.78, 5) is 51.0. The molecule has 0 radical (unpaired) electrons. The van der Waals surface area contributed by atoms with E-state index in [1.54, 1.807) is 24.3 Å². The first-order valence-corrected chi connectivity index (χ1v) is 12.9. The SMILES string of the molecule is COC(=O)[C@H]1NC(=O)[C@@H](C)NC(=O)[C@@H](NC(=O)OCc2ccccc2)COCC#Cc2cc1cc(I)c2OC. The topological polar surface area (TPSA) is 141 Å². The Hall–Kier alpha value is -3.83. The van der Waals surface area contributed by atoms with Gasteiger partial charge in [0.2, 0.25) is 11.8 Å².